The second-order valence-electron chi connectivity index (χ2n) is 11.2. The number of halogens is 1. The number of anilines is 1. The molecule has 1 heterocycles. The largest absolute Gasteiger partial charge is 0.491 e. The van der Waals surface area contributed by atoms with Crippen LogP contribution in [-0.2, 0) is 15.9 Å². The summed E-state index contributed by atoms with van der Waals surface area (Å²) in [6, 6.07) is 4.50. The highest BCUT2D eigenvalue weighted by Crippen LogP contribution is 2.26. The Morgan fingerprint density at radius 2 is 1.83 bits per heavy atom. The van der Waals surface area contributed by atoms with Crippen LogP contribution in [-0.4, -0.2) is 86.9 Å². The number of methoxy groups -OCH3 is 1. The fourth-order valence-corrected chi connectivity index (χ4v) is 4.75. The molecule has 0 saturated carbocycles. The number of amides is 1. The molecule has 1 N–H and O–H groups in total. The van der Waals surface area contributed by atoms with Crippen LogP contribution in [0, 0.1) is 17.7 Å². The van der Waals surface area contributed by atoms with Crippen molar-refractivity contribution in [1.82, 2.24) is 14.8 Å². The number of carbonyl (C=O) groups excluding carboxylic acids is 2. The minimum atomic E-state index is -0.590. The van der Waals surface area contributed by atoms with E-state index in [2.05, 4.69) is 41.1 Å². The second kappa shape index (κ2) is 17.6. The van der Waals surface area contributed by atoms with Gasteiger partial charge in [0.05, 0.1) is 20.3 Å². The van der Waals surface area contributed by atoms with Gasteiger partial charge >= 0.3 is 12.1 Å². The molecule has 232 valence electrons. The number of carbonyl (C=O) groups is 2. The summed E-state index contributed by atoms with van der Waals surface area (Å²) in [6.45, 7) is 7.67. The van der Waals surface area contributed by atoms with E-state index in [9.17, 15) is 14.0 Å². The van der Waals surface area contributed by atoms with Gasteiger partial charge in [-0.2, -0.15) is 0 Å². The lowest BCUT2D eigenvalue weighted by atomic mass is 10.2. The van der Waals surface area contributed by atoms with E-state index in [-0.39, 0.29) is 18.9 Å². The average molecular weight is 605 g/mol. The molecule has 0 unspecified atom stereocenters. The molecular formula is C31H45FN4O5S. The number of unbranched alkanes of at least 4 members (excludes halogenated alkanes) is 3. The molecule has 0 bridgehead atoms. The van der Waals surface area contributed by atoms with Crippen LogP contribution >= 0.6 is 11.3 Å². The quantitative estimate of drug-likeness (QED) is 0.154. The van der Waals surface area contributed by atoms with Gasteiger partial charge in [-0.3, -0.25) is 0 Å². The van der Waals surface area contributed by atoms with Gasteiger partial charge in [0.25, 0.3) is 0 Å². The zero-order chi connectivity index (χ0) is 31.1. The number of aromatic nitrogens is 1. The van der Waals surface area contributed by atoms with Crippen LogP contribution in [0.15, 0.2) is 18.2 Å². The maximum absolute atomic E-state index is 14.6. The second-order valence-corrected chi connectivity index (χ2v) is 12.2. The maximum atomic E-state index is 14.6. The number of esters is 1. The summed E-state index contributed by atoms with van der Waals surface area (Å²) in [5.41, 5.74) is 0.189. The fraction of sp³-hybridized carbons (Fsp3) is 0.581. The monoisotopic (exact) mass is 604 g/mol. The molecular weight excluding hydrogens is 559 g/mol. The van der Waals surface area contributed by atoms with Crippen molar-refractivity contribution >= 4 is 28.5 Å². The lowest BCUT2D eigenvalue weighted by Gasteiger charge is -2.23. The molecule has 1 aromatic carbocycles. The van der Waals surface area contributed by atoms with Crippen molar-refractivity contribution < 1.29 is 28.2 Å². The Labute approximate surface area is 253 Å². The van der Waals surface area contributed by atoms with Gasteiger partial charge in [0, 0.05) is 24.0 Å². The molecule has 9 nitrogen and oxygen atoms in total. The molecule has 0 fully saturated rings. The summed E-state index contributed by atoms with van der Waals surface area (Å²) in [4.78, 5) is 33.1. The molecule has 0 aliphatic rings. The minimum Gasteiger partial charge on any atom is -0.491 e. The highest BCUT2D eigenvalue weighted by molar-refractivity contribution is 7.15. The molecule has 2 aromatic rings. The highest BCUT2D eigenvalue weighted by atomic mass is 32.1. The number of thiazole rings is 1. The van der Waals surface area contributed by atoms with Gasteiger partial charge in [0.2, 0.25) is 0 Å². The van der Waals surface area contributed by atoms with Gasteiger partial charge in [-0.05, 0) is 85.3 Å². The molecule has 42 heavy (non-hydrogen) atoms. The molecule has 0 atom stereocenters. The Morgan fingerprint density at radius 1 is 1.10 bits per heavy atom. The molecule has 0 radical (unpaired) electrons. The third-order valence-corrected chi connectivity index (χ3v) is 6.95. The first-order valence-electron chi connectivity index (χ1n) is 14.2. The number of aryl methyl sites for hydroxylation is 1. The van der Waals surface area contributed by atoms with Crippen LogP contribution in [0.3, 0.4) is 0 Å². The smallest absolute Gasteiger partial charge is 0.410 e. The number of hydrogen-bond donors (Lipinski definition) is 1. The Kier molecular flexibility index (Phi) is 14.6. The van der Waals surface area contributed by atoms with Gasteiger partial charge in [-0.15, -0.1) is 11.3 Å². The zero-order valence-electron chi connectivity index (χ0n) is 26.0. The number of nitrogens with zero attached hydrogens (tertiary/aromatic N) is 3. The molecule has 0 aliphatic heterocycles. The van der Waals surface area contributed by atoms with Gasteiger partial charge in [0.1, 0.15) is 5.60 Å². The van der Waals surface area contributed by atoms with E-state index in [4.69, 9.17) is 14.2 Å². The lowest BCUT2D eigenvalue weighted by molar-refractivity contribution is 0.0320. The van der Waals surface area contributed by atoms with E-state index in [0.717, 1.165) is 30.8 Å². The van der Waals surface area contributed by atoms with Crippen molar-refractivity contribution in [2.45, 2.75) is 64.9 Å². The summed E-state index contributed by atoms with van der Waals surface area (Å²) in [6.07, 6.45) is 5.16. The predicted octanol–water partition coefficient (Wildman–Crippen LogP) is 5.83. The Balaban J connectivity index is 1.83. The Morgan fingerprint density at radius 3 is 2.50 bits per heavy atom. The third-order valence-electron chi connectivity index (χ3n) is 5.88. The predicted molar refractivity (Wildman–Crippen MR) is 165 cm³/mol. The molecule has 0 spiro atoms. The normalized spacial score (nSPS) is 11.1. The minimum absolute atomic E-state index is 0.122. The Bertz CT molecular complexity index is 1220. The van der Waals surface area contributed by atoms with Crippen molar-refractivity contribution in [3.8, 4) is 17.6 Å². The first-order valence-corrected chi connectivity index (χ1v) is 15.0. The van der Waals surface area contributed by atoms with Crippen molar-refractivity contribution in [2.24, 2.45) is 0 Å². The van der Waals surface area contributed by atoms with Crippen LogP contribution in [0.1, 0.15) is 73.8 Å². The standard InChI is InChI=1S/C31H45FN4O5S/c1-31(2,3)41-30(38)36(6)20-12-14-23-16-17-25(24(32)22-23)40-21-13-15-26-27(28(37)39-7)34-29(42-26)33-18-10-8-9-11-19-35(4)5/h16-17,22H,8-11,13,15,18-21H2,1-7H3,(H,33,34). The van der Waals surface area contributed by atoms with E-state index in [1.807, 2.05) is 0 Å². The molecule has 2 rings (SSSR count). The van der Waals surface area contributed by atoms with E-state index < -0.39 is 23.5 Å². The van der Waals surface area contributed by atoms with E-state index in [0.29, 0.717) is 29.2 Å². The van der Waals surface area contributed by atoms with Gasteiger partial charge in [0.15, 0.2) is 22.4 Å². The van der Waals surface area contributed by atoms with Gasteiger partial charge in [-0.25, -0.2) is 19.0 Å². The summed E-state index contributed by atoms with van der Waals surface area (Å²) in [5.74, 6) is 4.83. The van der Waals surface area contributed by atoms with Crippen molar-refractivity contribution in [1.29, 1.82) is 0 Å². The Hall–Kier alpha value is -3.36. The number of ether oxygens (including phenoxy) is 3. The van der Waals surface area contributed by atoms with E-state index >= 15 is 0 Å². The topological polar surface area (TPSA) is 93.2 Å². The summed E-state index contributed by atoms with van der Waals surface area (Å²) >= 11 is 1.43. The zero-order valence-corrected chi connectivity index (χ0v) is 26.8. The average Bonchev–Trinajstić information content (AvgIpc) is 3.32. The molecule has 1 amide bonds. The van der Waals surface area contributed by atoms with Crippen LogP contribution in [0.4, 0.5) is 14.3 Å². The number of hydrogen-bond acceptors (Lipinski definition) is 9. The number of nitrogens with one attached hydrogen (secondary N) is 1. The molecule has 0 aliphatic carbocycles. The van der Waals surface area contributed by atoms with Crippen LogP contribution in [0.5, 0.6) is 5.75 Å². The van der Waals surface area contributed by atoms with Crippen LogP contribution < -0.4 is 10.1 Å². The highest BCUT2D eigenvalue weighted by Gasteiger charge is 2.20. The first kappa shape index (κ1) is 34.8. The van der Waals surface area contributed by atoms with Gasteiger partial charge in [-0.1, -0.05) is 24.7 Å². The number of rotatable bonds is 15. The van der Waals surface area contributed by atoms with Crippen molar-refractivity contribution in [3.63, 3.8) is 0 Å². The molecule has 11 heteroatoms. The van der Waals surface area contributed by atoms with Crippen molar-refractivity contribution in [2.75, 3.05) is 59.8 Å². The summed E-state index contributed by atoms with van der Waals surface area (Å²) < 4.78 is 30.5. The summed E-state index contributed by atoms with van der Waals surface area (Å²) in [7, 11) is 7.09. The molecule has 1 aromatic heterocycles. The summed E-state index contributed by atoms with van der Waals surface area (Å²) in [5, 5.41) is 4.01. The van der Waals surface area contributed by atoms with Crippen LogP contribution in [0.2, 0.25) is 0 Å². The third kappa shape index (κ3) is 13.1. The SMILES string of the molecule is COC(=O)c1nc(NCCCCCCN(C)C)sc1CCCOc1ccc(C#CCN(C)C(=O)OC(C)(C)C)cc1F. The van der Waals surface area contributed by atoms with Crippen molar-refractivity contribution in [3.05, 3.63) is 40.2 Å². The van der Waals surface area contributed by atoms with Crippen LogP contribution in [0.25, 0.3) is 0 Å². The van der Waals surface area contributed by atoms with E-state index in [1.165, 1.54) is 48.3 Å². The lowest BCUT2D eigenvalue weighted by Crippen LogP contribution is -2.34. The maximum Gasteiger partial charge on any atom is 0.410 e. The fourth-order valence-electron chi connectivity index (χ4n) is 3.73. The first-order chi connectivity index (χ1) is 19.9. The van der Waals surface area contributed by atoms with E-state index in [1.54, 1.807) is 33.9 Å². The molecule has 0 saturated heterocycles. The van der Waals surface area contributed by atoms with Gasteiger partial charge < -0.3 is 29.3 Å². The number of benzene rings is 1.